The molecule has 0 aromatic heterocycles. The van der Waals surface area contributed by atoms with E-state index >= 15 is 0 Å². The van der Waals surface area contributed by atoms with E-state index in [1.807, 2.05) is 0 Å². The summed E-state index contributed by atoms with van der Waals surface area (Å²) in [6.45, 7) is 11.3. The Balaban J connectivity index is 1.30. The Morgan fingerprint density at radius 2 is 1.93 bits per heavy atom. The third-order valence-corrected chi connectivity index (χ3v) is 11.1. The van der Waals surface area contributed by atoms with Gasteiger partial charge in [0.2, 0.25) is 0 Å². The minimum Gasteiger partial charge on any atom is -0.357 e. The van der Waals surface area contributed by atoms with Crippen LogP contribution in [0.3, 0.4) is 0 Å². The number of hydrogen-bond donors (Lipinski definition) is 1. The highest BCUT2D eigenvalue weighted by Crippen LogP contribution is 2.69. The van der Waals surface area contributed by atoms with Crippen LogP contribution in [0.25, 0.3) is 0 Å². The Hall–Kier alpha value is -0.600. The highest BCUT2D eigenvalue weighted by Gasteiger charge is 2.67. The van der Waals surface area contributed by atoms with E-state index in [0.29, 0.717) is 22.9 Å². The second-order valence-corrected chi connectivity index (χ2v) is 12.3. The molecule has 2 saturated carbocycles. The summed E-state index contributed by atoms with van der Waals surface area (Å²) in [5.41, 5.74) is 2.56. The first-order valence-corrected chi connectivity index (χ1v) is 12.7. The number of fused-ring (bicyclic) bond motifs is 7. The van der Waals surface area contributed by atoms with Crippen LogP contribution in [0.5, 0.6) is 0 Å². The van der Waals surface area contributed by atoms with Crippen molar-refractivity contribution in [3.05, 3.63) is 23.8 Å². The lowest BCUT2D eigenvalue weighted by Gasteiger charge is -2.57. The molecular weight excluding hydrogens is 354 g/mol. The largest absolute Gasteiger partial charge is 0.357 e. The van der Waals surface area contributed by atoms with E-state index < -0.39 is 0 Å². The summed E-state index contributed by atoms with van der Waals surface area (Å²) in [6.07, 6.45) is 18.7. The number of rotatable bonds is 0. The Morgan fingerprint density at radius 3 is 2.72 bits per heavy atom. The van der Waals surface area contributed by atoms with E-state index in [9.17, 15) is 0 Å². The van der Waals surface area contributed by atoms with Crippen molar-refractivity contribution in [2.75, 3.05) is 6.54 Å². The van der Waals surface area contributed by atoms with Crippen LogP contribution in [0.4, 0.5) is 0 Å². The van der Waals surface area contributed by atoms with Gasteiger partial charge in [-0.05, 0) is 97.4 Å². The molecule has 6 aliphatic rings. The molecule has 2 nitrogen and oxygen atoms in total. The van der Waals surface area contributed by atoms with Crippen LogP contribution in [0.1, 0.15) is 79.1 Å². The van der Waals surface area contributed by atoms with Crippen LogP contribution >= 0.6 is 0 Å². The summed E-state index contributed by atoms with van der Waals surface area (Å²) >= 11 is 0. The van der Waals surface area contributed by atoms with Gasteiger partial charge in [0.25, 0.3) is 0 Å². The Morgan fingerprint density at radius 1 is 1.07 bits per heavy atom. The third-order valence-electron chi connectivity index (χ3n) is 11.1. The summed E-state index contributed by atoms with van der Waals surface area (Å²) in [4.78, 5) is 0. The molecule has 4 fully saturated rings. The summed E-state index contributed by atoms with van der Waals surface area (Å²) in [5, 5.41) is 3.90. The van der Waals surface area contributed by atoms with Gasteiger partial charge in [-0.15, -0.1) is 0 Å². The molecule has 0 unspecified atom stereocenters. The van der Waals surface area contributed by atoms with Crippen molar-refractivity contribution >= 4 is 0 Å². The van der Waals surface area contributed by atoms with Crippen LogP contribution < -0.4 is 5.32 Å². The maximum absolute atomic E-state index is 7.01. The monoisotopic (exact) mass is 395 g/mol. The van der Waals surface area contributed by atoms with E-state index in [1.54, 1.807) is 5.57 Å². The van der Waals surface area contributed by atoms with Crippen molar-refractivity contribution in [2.24, 2.45) is 46.3 Å². The minimum atomic E-state index is -0.0214. The molecule has 0 aromatic carbocycles. The molecular formula is C27H41NO. The molecule has 160 valence electrons. The molecule has 0 radical (unpaired) electrons. The van der Waals surface area contributed by atoms with Gasteiger partial charge in [-0.3, -0.25) is 5.32 Å². The van der Waals surface area contributed by atoms with Gasteiger partial charge in [-0.2, -0.15) is 0 Å². The first kappa shape index (κ1) is 19.1. The molecule has 2 heteroatoms. The van der Waals surface area contributed by atoms with Crippen LogP contribution in [-0.2, 0) is 4.74 Å². The van der Waals surface area contributed by atoms with E-state index in [-0.39, 0.29) is 5.72 Å². The molecule has 0 amide bonds. The highest BCUT2D eigenvalue weighted by molar-refractivity contribution is 5.34. The summed E-state index contributed by atoms with van der Waals surface area (Å²) in [6, 6.07) is 0. The van der Waals surface area contributed by atoms with Gasteiger partial charge in [-0.1, -0.05) is 45.9 Å². The average Bonchev–Trinajstić information content (AvgIpc) is 3.15. The number of piperidine rings is 1. The van der Waals surface area contributed by atoms with E-state index in [0.717, 1.165) is 36.1 Å². The van der Waals surface area contributed by atoms with E-state index in [2.05, 4.69) is 51.2 Å². The number of allylic oxidation sites excluding steroid dienone is 4. The van der Waals surface area contributed by atoms with Crippen LogP contribution in [-0.4, -0.2) is 18.4 Å². The topological polar surface area (TPSA) is 21.3 Å². The zero-order chi connectivity index (χ0) is 20.0. The van der Waals surface area contributed by atoms with Gasteiger partial charge in [0.15, 0.2) is 0 Å². The normalized spacial score (nSPS) is 58.3. The summed E-state index contributed by atoms with van der Waals surface area (Å²) in [7, 11) is 0. The average molecular weight is 396 g/mol. The van der Waals surface area contributed by atoms with Crippen LogP contribution in [0, 0.1) is 46.3 Å². The molecule has 1 N–H and O–H groups in total. The molecule has 6 rings (SSSR count). The molecule has 0 aromatic rings. The quantitative estimate of drug-likeness (QED) is 0.536. The van der Waals surface area contributed by atoms with Crippen molar-refractivity contribution in [1.82, 2.24) is 5.32 Å². The van der Waals surface area contributed by atoms with Crippen LogP contribution in [0.2, 0.25) is 0 Å². The van der Waals surface area contributed by atoms with Crippen molar-refractivity contribution < 1.29 is 4.74 Å². The molecule has 1 spiro atoms. The van der Waals surface area contributed by atoms with Crippen molar-refractivity contribution in [1.29, 1.82) is 0 Å². The van der Waals surface area contributed by atoms with E-state index in [4.69, 9.17) is 4.74 Å². The summed E-state index contributed by atoms with van der Waals surface area (Å²) < 4.78 is 7.01. The van der Waals surface area contributed by atoms with Crippen molar-refractivity contribution in [2.45, 2.75) is 90.9 Å². The fraction of sp³-hybridized carbons (Fsp3) is 0.852. The Labute approximate surface area is 177 Å². The molecule has 0 bridgehead atoms. The van der Waals surface area contributed by atoms with Gasteiger partial charge >= 0.3 is 0 Å². The molecule has 2 aliphatic heterocycles. The van der Waals surface area contributed by atoms with Gasteiger partial charge in [0.05, 0.1) is 6.10 Å². The fourth-order valence-electron chi connectivity index (χ4n) is 9.50. The lowest BCUT2D eigenvalue weighted by molar-refractivity contribution is -0.114. The first-order valence-electron chi connectivity index (χ1n) is 12.7. The molecule has 2 heterocycles. The number of ether oxygens (including phenoxy) is 1. The minimum absolute atomic E-state index is 0.0214. The Kier molecular flexibility index (Phi) is 4.10. The smallest absolute Gasteiger partial charge is 0.122 e. The SMILES string of the molecule is C[C@H]1CC[C@]2(NC1)O[C@H]1C[C@H]3[C@@H]4CC=C5C=CCC[C@]5(C)[C@H]4CC[C@]3(C)[C@H]1[C@@H]2C. The number of hydrogen-bond acceptors (Lipinski definition) is 2. The lowest BCUT2D eigenvalue weighted by atomic mass is 9.47. The zero-order valence-corrected chi connectivity index (χ0v) is 19.0. The lowest BCUT2D eigenvalue weighted by Crippen LogP contribution is -2.56. The van der Waals surface area contributed by atoms with E-state index in [1.165, 1.54) is 51.4 Å². The zero-order valence-electron chi connectivity index (χ0n) is 19.0. The molecule has 4 aliphatic carbocycles. The van der Waals surface area contributed by atoms with Gasteiger partial charge in [0, 0.05) is 12.5 Å². The summed E-state index contributed by atoms with van der Waals surface area (Å²) in [5.74, 6) is 4.82. The second-order valence-electron chi connectivity index (χ2n) is 12.3. The molecule has 29 heavy (non-hydrogen) atoms. The maximum Gasteiger partial charge on any atom is 0.122 e. The van der Waals surface area contributed by atoms with Crippen molar-refractivity contribution in [3.8, 4) is 0 Å². The molecule has 10 atom stereocenters. The van der Waals surface area contributed by atoms with Crippen molar-refractivity contribution in [3.63, 3.8) is 0 Å². The predicted octanol–water partition coefficient (Wildman–Crippen LogP) is 6.09. The third kappa shape index (κ3) is 2.42. The van der Waals surface area contributed by atoms with Gasteiger partial charge < -0.3 is 4.74 Å². The predicted molar refractivity (Wildman–Crippen MR) is 118 cm³/mol. The number of nitrogens with one attached hydrogen (secondary N) is 1. The van der Waals surface area contributed by atoms with Crippen LogP contribution in [0.15, 0.2) is 23.8 Å². The van der Waals surface area contributed by atoms with Gasteiger partial charge in [0.1, 0.15) is 5.72 Å². The first-order chi connectivity index (χ1) is 13.9. The standard InChI is InChI=1S/C27H41NO/c1-17-10-14-27(28-16-17)18(2)24-23(29-27)15-22-20-9-8-19-7-5-6-12-25(19,3)21(20)11-13-26(22,24)4/h5,7-8,17-18,20-24,28H,6,9-16H2,1-4H3/t17-,18-,20+,21-,22-,23-,24-,25-,26-,27-/m0/s1. The second kappa shape index (κ2) is 6.22. The maximum atomic E-state index is 7.01. The van der Waals surface area contributed by atoms with Gasteiger partial charge in [-0.25, -0.2) is 0 Å². The fourth-order valence-corrected chi connectivity index (χ4v) is 9.50. The molecule has 2 saturated heterocycles. The highest BCUT2D eigenvalue weighted by atomic mass is 16.5. The Bertz CT molecular complexity index is 746.